The van der Waals surface area contributed by atoms with Crippen LogP contribution < -0.4 is 0 Å². The Morgan fingerprint density at radius 1 is 1.50 bits per heavy atom. The van der Waals surface area contributed by atoms with E-state index in [-0.39, 0.29) is 11.6 Å². The molecule has 8 heteroatoms. The number of likely N-dealkylation sites (N-methyl/N-ethyl adjacent to an activating group) is 1. The van der Waals surface area contributed by atoms with Crippen LogP contribution in [0.25, 0.3) is 0 Å². The van der Waals surface area contributed by atoms with Crippen molar-refractivity contribution in [2.75, 3.05) is 13.1 Å². The second-order valence-electron chi connectivity index (χ2n) is 3.40. The van der Waals surface area contributed by atoms with E-state index in [1.54, 1.807) is 0 Å². The van der Waals surface area contributed by atoms with E-state index in [4.69, 9.17) is 16.7 Å². The molecule has 0 aliphatic heterocycles. The maximum atomic E-state index is 13.0. The number of carboxylic acid groups (broad SMARTS) is 1. The number of halogens is 2. The molecule has 0 bridgehead atoms. The van der Waals surface area contributed by atoms with Crippen LogP contribution >= 0.6 is 11.6 Å². The molecule has 0 radical (unpaired) electrons. The number of hydrogen-bond acceptors (Lipinski definition) is 3. The van der Waals surface area contributed by atoms with Crippen molar-refractivity contribution >= 4 is 27.6 Å². The average Bonchev–Trinajstić information content (AvgIpc) is 2.28. The molecule has 1 N–H and O–H groups in total. The highest BCUT2D eigenvalue weighted by Crippen LogP contribution is 2.25. The van der Waals surface area contributed by atoms with E-state index in [1.165, 1.54) is 6.92 Å². The minimum atomic E-state index is -4.12. The van der Waals surface area contributed by atoms with E-state index in [0.717, 1.165) is 18.2 Å². The van der Waals surface area contributed by atoms with E-state index in [1.807, 2.05) is 0 Å². The fourth-order valence-corrected chi connectivity index (χ4v) is 3.22. The van der Waals surface area contributed by atoms with Crippen molar-refractivity contribution in [2.45, 2.75) is 11.8 Å². The van der Waals surface area contributed by atoms with Crippen LogP contribution in [0.5, 0.6) is 0 Å². The summed E-state index contributed by atoms with van der Waals surface area (Å²) in [6.07, 6.45) is 0. The van der Waals surface area contributed by atoms with Gasteiger partial charge >= 0.3 is 5.97 Å². The lowest BCUT2D eigenvalue weighted by Crippen LogP contribution is -2.35. The molecule has 5 nitrogen and oxygen atoms in total. The number of hydrogen-bond donors (Lipinski definition) is 1. The smallest absolute Gasteiger partial charge is 0.318 e. The molecule has 0 amide bonds. The van der Waals surface area contributed by atoms with E-state index >= 15 is 0 Å². The summed E-state index contributed by atoms with van der Waals surface area (Å²) in [7, 11) is -4.12. The van der Waals surface area contributed by atoms with Gasteiger partial charge in [0, 0.05) is 6.54 Å². The predicted molar refractivity (Wildman–Crippen MR) is 63.5 cm³/mol. The van der Waals surface area contributed by atoms with Crippen LogP contribution in [0.2, 0.25) is 5.02 Å². The molecule has 100 valence electrons. The van der Waals surface area contributed by atoms with Crippen molar-refractivity contribution in [1.82, 2.24) is 4.31 Å². The molecule has 0 unspecified atom stereocenters. The number of aliphatic carboxylic acids is 1. The van der Waals surface area contributed by atoms with E-state index in [0.29, 0.717) is 4.31 Å². The minimum absolute atomic E-state index is 0.0541. The molecular formula is C10H11ClFNO4S. The molecule has 0 fully saturated rings. The summed E-state index contributed by atoms with van der Waals surface area (Å²) in [5.41, 5.74) is 0. The minimum Gasteiger partial charge on any atom is -0.480 e. The molecule has 0 saturated carbocycles. The van der Waals surface area contributed by atoms with Gasteiger partial charge in [0.25, 0.3) is 0 Å². The third kappa shape index (κ3) is 3.18. The highest BCUT2D eigenvalue weighted by atomic mass is 35.5. The van der Waals surface area contributed by atoms with E-state index in [2.05, 4.69) is 0 Å². The summed E-state index contributed by atoms with van der Waals surface area (Å²) in [4.78, 5) is 10.1. The lowest BCUT2D eigenvalue weighted by molar-refractivity contribution is -0.137. The van der Waals surface area contributed by atoms with Gasteiger partial charge in [-0.05, 0) is 18.2 Å². The Morgan fingerprint density at radius 2 is 2.11 bits per heavy atom. The molecular weight excluding hydrogens is 285 g/mol. The van der Waals surface area contributed by atoms with Crippen LogP contribution in [-0.4, -0.2) is 36.9 Å². The van der Waals surface area contributed by atoms with E-state index < -0.39 is 33.3 Å². The number of benzene rings is 1. The third-order valence-corrected chi connectivity index (χ3v) is 4.58. The summed E-state index contributed by atoms with van der Waals surface area (Å²) >= 11 is 5.70. The first-order chi connectivity index (χ1) is 8.28. The second-order valence-corrected chi connectivity index (χ2v) is 5.71. The summed E-state index contributed by atoms with van der Waals surface area (Å²) < 4.78 is 37.9. The van der Waals surface area contributed by atoms with Gasteiger partial charge in [0.15, 0.2) is 0 Å². The fourth-order valence-electron chi connectivity index (χ4n) is 1.33. The van der Waals surface area contributed by atoms with Gasteiger partial charge in [-0.1, -0.05) is 18.5 Å². The Hall–Kier alpha value is -1.18. The Bertz CT molecular complexity index is 561. The number of nitrogens with zero attached hydrogens (tertiary/aromatic N) is 1. The normalized spacial score (nSPS) is 11.8. The van der Waals surface area contributed by atoms with Crippen LogP contribution in [0.3, 0.4) is 0 Å². The number of rotatable bonds is 5. The lowest BCUT2D eigenvalue weighted by Gasteiger charge is -2.19. The standard InChI is InChI=1S/C10H11ClFNO4S/c1-2-13(6-10(14)15)18(16,17)9-5-7(12)3-4-8(9)11/h3-5H,2,6H2,1H3,(H,14,15). The summed E-state index contributed by atoms with van der Waals surface area (Å²) in [5, 5.41) is 8.48. The van der Waals surface area contributed by atoms with Crippen molar-refractivity contribution in [3.8, 4) is 0 Å². The Kier molecular flexibility index (Phi) is 4.66. The van der Waals surface area contributed by atoms with Crippen LogP contribution in [0, 0.1) is 5.82 Å². The topological polar surface area (TPSA) is 74.7 Å². The first kappa shape index (κ1) is 14.9. The average molecular weight is 296 g/mol. The molecule has 1 aromatic rings. The van der Waals surface area contributed by atoms with Crippen molar-refractivity contribution in [3.63, 3.8) is 0 Å². The van der Waals surface area contributed by atoms with Gasteiger partial charge in [0.1, 0.15) is 17.3 Å². The van der Waals surface area contributed by atoms with Crippen molar-refractivity contribution < 1.29 is 22.7 Å². The van der Waals surface area contributed by atoms with Crippen LogP contribution in [-0.2, 0) is 14.8 Å². The van der Waals surface area contributed by atoms with Crippen LogP contribution in [0.15, 0.2) is 23.1 Å². The van der Waals surface area contributed by atoms with Crippen LogP contribution in [0.1, 0.15) is 6.92 Å². The Morgan fingerprint density at radius 3 is 2.61 bits per heavy atom. The highest BCUT2D eigenvalue weighted by molar-refractivity contribution is 7.89. The quantitative estimate of drug-likeness (QED) is 0.895. The number of carbonyl (C=O) groups is 1. The van der Waals surface area contributed by atoms with Gasteiger partial charge in [-0.2, -0.15) is 4.31 Å². The highest BCUT2D eigenvalue weighted by Gasteiger charge is 2.27. The van der Waals surface area contributed by atoms with Gasteiger partial charge < -0.3 is 5.11 Å². The van der Waals surface area contributed by atoms with Crippen molar-refractivity contribution in [2.24, 2.45) is 0 Å². The second kappa shape index (κ2) is 5.64. The third-order valence-electron chi connectivity index (χ3n) is 2.18. The monoisotopic (exact) mass is 295 g/mol. The van der Waals surface area contributed by atoms with Gasteiger partial charge in [-0.3, -0.25) is 4.79 Å². The fraction of sp³-hybridized carbons (Fsp3) is 0.300. The SMILES string of the molecule is CCN(CC(=O)O)S(=O)(=O)c1cc(F)ccc1Cl. The molecule has 0 saturated heterocycles. The Balaban J connectivity index is 3.26. The molecule has 0 aliphatic rings. The van der Waals surface area contributed by atoms with Crippen LogP contribution in [0.4, 0.5) is 4.39 Å². The largest absolute Gasteiger partial charge is 0.480 e. The van der Waals surface area contributed by atoms with Crippen molar-refractivity contribution in [1.29, 1.82) is 0 Å². The van der Waals surface area contributed by atoms with E-state index in [9.17, 15) is 17.6 Å². The first-order valence-corrected chi connectivity index (χ1v) is 6.77. The van der Waals surface area contributed by atoms with Gasteiger partial charge in [0.2, 0.25) is 10.0 Å². The maximum absolute atomic E-state index is 13.0. The first-order valence-electron chi connectivity index (χ1n) is 4.96. The number of carboxylic acids is 1. The molecule has 0 aromatic heterocycles. The zero-order valence-electron chi connectivity index (χ0n) is 9.43. The van der Waals surface area contributed by atoms with Gasteiger partial charge in [0.05, 0.1) is 5.02 Å². The summed E-state index contributed by atoms with van der Waals surface area (Å²) in [5.74, 6) is -2.06. The Labute approximate surface area is 109 Å². The molecule has 1 rings (SSSR count). The van der Waals surface area contributed by atoms with Crippen molar-refractivity contribution in [3.05, 3.63) is 29.0 Å². The summed E-state index contributed by atoms with van der Waals surface area (Å²) in [6, 6.07) is 2.90. The molecule has 0 atom stereocenters. The summed E-state index contributed by atoms with van der Waals surface area (Å²) in [6.45, 7) is 0.723. The predicted octanol–water partition coefficient (Wildman–Crippen LogP) is 1.57. The molecule has 0 heterocycles. The molecule has 0 aliphatic carbocycles. The molecule has 18 heavy (non-hydrogen) atoms. The zero-order valence-corrected chi connectivity index (χ0v) is 11.0. The zero-order chi connectivity index (χ0) is 13.9. The molecule has 1 aromatic carbocycles. The van der Waals surface area contributed by atoms with Gasteiger partial charge in [-0.15, -0.1) is 0 Å². The maximum Gasteiger partial charge on any atom is 0.318 e. The lowest BCUT2D eigenvalue weighted by atomic mass is 10.3. The van der Waals surface area contributed by atoms with Gasteiger partial charge in [-0.25, -0.2) is 12.8 Å². The number of sulfonamides is 1. The molecule has 0 spiro atoms.